The Kier molecular flexibility index (Phi) is 6.74. The quantitative estimate of drug-likeness (QED) is 0.338. The van der Waals surface area contributed by atoms with Crippen LogP contribution in [0.4, 0.5) is 0 Å². The Bertz CT molecular complexity index is 918. The van der Waals surface area contributed by atoms with Crippen LogP contribution in [-0.2, 0) is 6.42 Å². The molecule has 0 unspecified atom stereocenters. The second kappa shape index (κ2) is 9.26. The van der Waals surface area contributed by atoms with Crippen molar-refractivity contribution in [2.24, 2.45) is 0 Å². The highest BCUT2D eigenvalue weighted by molar-refractivity contribution is 7.09. The molecule has 0 heterocycles. The smallest absolute Gasteiger partial charge is 0.130 e. The highest BCUT2D eigenvalue weighted by Gasteiger charge is 2.50. The third-order valence-corrected chi connectivity index (χ3v) is 11.8. The van der Waals surface area contributed by atoms with E-state index in [1.165, 1.54) is 21.1 Å². The molecule has 148 valence electrons. The van der Waals surface area contributed by atoms with E-state index < -0.39 is 8.07 Å². The van der Waals surface area contributed by atoms with Gasteiger partial charge in [-0.2, -0.15) is 0 Å². The van der Waals surface area contributed by atoms with Gasteiger partial charge in [0.05, 0.1) is 0 Å². The van der Waals surface area contributed by atoms with Crippen LogP contribution in [0.15, 0.2) is 108 Å². The number of hydrogen-bond donors (Lipinski definition) is 0. The Balaban J connectivity index is 2.23. The van der Waals surface area contributed by atoms with Crippen LogP contribution in [0, 0.1) is 0 Å². The number of allylic oxidation sites excluding steroid dienone is 1. The van der Waals surface area contributed by atoms with Crippen LogP contribution in [0.2, 0.25) is 5.04 Å². The van der Waals surface area contributed by atoms with E-state index in [4.69, 9.17) is 0 Å². The van der Waals surface area contributed by atoms with Crippen molar-refractivity contribution in [2.45, 2.75) is 45.6 Å². The maximum absolute atomic E-state index is 3.75. The molecule has 3 aromatic rings. The van der Waals surface area contributed by atoms with Gasteiger partial charge in [-0.15, -0.1) is 5.73 Å². The lowest BCUT2D eigenvalue weighted by atomic mass is 10.1. The van der Waals surface area contributed by atoms with Gasteiger partial charge in [0.2, 0.25) is 0 Å². The van der Waals surface area contributed by atoms with E-state index in [-0.39, 0.29) is 5.04 Å². The van der Waals surface area contributed by atoms with Crippen molar-refractivity contribution in [1.82, 2.24) is 0 Å². The first kappa shape index (κ1) is 21.1. The van der Waals surface area contributed by atoms with Crippen LogP contribution in [0.5, 0.6) is 0 Å². The maximum atomic E-state index is 3.75. The molecule has 0 atom stereocenters. The summed E-state index contributed by atoms with van der Waals surface area (Å²) in [5, 5.41) is 4.53. The molecule has 0 aliphatic heterocycles. The molecule has 0 amide bonds. The summed E-state index contributed by atoms with van der Waals surface area (Å²) < 4.78 is 0. The SMILES string of the molecule is CC=C=C(CCc1ccccc1)[Si](c1ccccc1)(c1ccccc1)C(C)(C)C. The monoisotopic (exact) mass is 396 g/mol. The molecule has 1 heteroatoms. The second-order valence-electron chi connectivity index (χ2n) is 8.63. The summed E-state index contributed by atoms with van der Waals surface area (Å²) in [6.07, 6.45) is 4.18. The summed E-state index contributed by atoms with van der Waals surface area (Å²) in [4.78, 5) is 0. The third-order valence-electron chi connectivity index (χ3n) is 5.82. The minimum Gasteiger partial charge on any atom is -0.130 e. The van der Waals surface area contributed by atoms with E-state index in [1.54, 1.807) is 0 Å². The minimum atomic E-state index is -2.28. The van der Waals surface area contributed by atoms with Crippen LogP contribution in [0.3, 0.4) is 0 Å². The molecule has 3 aromatic carbocycles. The third kappa shape index (κ3) is 4.37. The van der Waals surface area contributed by atoms with Gasteiger partial charge >= 0.3 is 0 Å². The molecular formula is C28H32Si. The van der Waals surface area contributed by atoms with E-state index in [1.807, 2.05) is 0 Å². The highest BCUT2D eigenvalue weighted by Crippen LogP contribution is 2.41. The molecule has 0 radical (unpaired) electrons. The van der Waals surface area contributed by atoms with Crippen LogP contribution in [0.1, 0.15) is 39.7 Å². The summed E-state index contributed by atoms with van der Waals surface area (Å²) in [6.45, 7) is 9.34. The molecule has 0 aromatic heterocycles. The first-order valence-electron chi connectivity index (χ1n) is 10.6. The summed E-state index contributed by atoms with van der Waals surface area (Å²) in [5.41, 5.74) is 5.14. The van der Waals surface area contributed by atoms with Gasteiger partial charge in [0, 0.05) is 0 Å². The normalized spacial score (nSPS) is 11.6. The van der Waals surface area contributed by atoms with Crippen molar-refractivity contribution in [3.63, 3.8) is 0 Å². The average Bonchev–Trinajstić information content (AvgIpc) is 2.74. The van der Waals surface area contributed by atoms with Gasteiger partial charge < -0.3 is 0 Å². The Morgan fingerprint density at radius 2 is 1.21 bits per heavy atom. The maximum Gasteiger partial charge on any atom is 0.157 e. The first-order chi connectivity index (χ1) is 14.0. The molecule has 3 rings (SSSR count). The molecule has 29 heavy (non-hydrogen) atoms. The van der Waals surface area contributed by atoms with E-state index in [9.17, 15) is 0 Å². The Hall–Kier alpha value is -2.60. The first-order valence-corrected chi connectivity index (χ1v) is 12.6. The summed E-state index contributed by atoms with van der Waals surface area (Å²) in [6, 6.07) is 33.2. The van der Waals surface area contributed by atoms with E-state index >= 15 is 0 Å². The van der Waals surface area contributed by atoms with Crippen molar-refractivity contribution >= 4 is 18.4 Å². The molecule has 0 aliphatic rings. The molecule has 0 fully saturated rings. The van der Waals surface area contributed by atoms with Gasteiger partial charge in [-0.1, -0.05) is 112 Å². The van der Waals surface area contributed by atoms with Crippen LogP contribution in [-0.4, -0.2) is 8.07 Å². The molecule has 0 saturated heterocycles. The van der Waals surface area contributed by atoms with Gasteiger partial charge in [0.1, 0.15) is 0 Å². The lowest BCUT2D eigenvalue weighted by molar-refractivity contribution is 0.730. The van der Waals surface area contributed by atoms with Gasteiger partial charge in [0.25, 0.3) is 0 Å². The topological polar surface area (TPSA) is 0 Å². The number of benzene rings is 3. The Morgan fingerprint density at radius 3 is 1.62 bits per heavy atom. The predicted octanol–water partition coefficient (Wildman–Crippen LogP) is 6.32. The van der Waals surface area contributed by atoms with Gasteiger partial charge in [-0.3, -0.25) is 0 Å². The van der Waals surface area contributed by atoms with Crippen LogP contribution >= 0.6 is 0 Å². The van der Waals surface area contributed by atoms with Crippen molar-refractivity contribution in [1.29, 1.82) is 0 Å². The highest BCUT2D eigenvalue weighted by atomic mass is 28.3. The lowest BCUT2D eigenvalue weighted by Gasteiger charge is -2.45. The lowest BCUT2D eigenvalue weighted by Crippen LogP contribution is -2.65. The molecule has 0 saturated carbocycles. The van der Waals surface area contributed by atoms with E-state index in [0.29, 0.717) is 0 Å². The Labute approximate surface area is 177 Å². The largest absolute Gasteiger partial charge is 0.157 e. The van der Waals surface area contributed by atoms with Crippen LogP contribution < -0.4 is 10.4 Å². The van der Waals surface area contributed by atoms with Gasteiger partial charge in [-0.25, -0.2) is 0 Å². The molecule has 0 nitrogen and oxygen atoms in total. The number of aryl methyl sites for hydroxylation is 1. The fourth-order valence-corrected chi connectivity index (χ4v) is 10.6. The molecule has 0 aliphatic carbocycles. The van der Waals surface area contributed by atoms with Crippen molar-refractivity contribution in [3.05, 3.63) is 114 Å². The average molecular weight is 397 g/mol. The van der Waals surface area contributed by atoms with E-state index in [0.717, 1.165) is 12.8 Å². The zero-order valence-corrected chi connectivity index (χ0v) is 19.2. The summed E-state index contributed by atoms with van der Waals surface area (Å²) in [7, 11) is -2.28. The molecule has 0 bridgehead atoms. The zero-order valence-electron chi connectivity index (χ0n) is 18.2. The van der Waals surface area contributed by atoms with Gasteiger partial charge in [-0.05, 0) is 52.0 Å². The van der Waals surface area contributed by atoms with Crippen molar-refractivity contribution in [3.8, 4) is 0 Å². The molecular weight excluding hydrogens is 364 g/mol. The number of rotatable bonds is 6. The minimum absolute atomic E-state index is 0.109. The second-order valence-corrected chi connectivity index (χ2v) is 13.4. The zero-order chi connectivity index (χ0) is 20.7. The van der Waals surface area contributed by atoms with Gasteiger partial charge in [0.15, 0.2) is 8.07 Å². The standard InChI is InChI=1S/C28H32Si/c1-5-15-25(23-22-24-16-9-6-10-17-24)29(28(2,3)4,26-18-11-7-12-19-26)27-20-13-8-14-21-27/h5-14,16-21H,22-23H2,1-4H3. The van der Waals surface area contributed by atoms with E-state index in [2.05, 4.69) is 130 Å². The predicted molar refractivity (Wildman–Crippen MR) is 130 cm³/mol. The van der Waals surface area contributed by atoms with Crippen molar-refractivity contribution in [2.75, 3.05) is 0 Å². The Morgan fingerprint density at radius 1 is 0.759 bits per heavy atom. The molecule has 0 spiro atoms. The summed E-state index contributed by atoms with van der Waals surface area (Å²) >= 11 is 0. The van der Waals surface area contributed by atoms with Crippen LogP contribution in [0.25, 0.3) is 0 Å². The summed E-state index contributed by atoms with van der Waals surface area (Å²) in [5.74, 6) is 0. The fourth-order valence-electron chi connectivity index (χ4n) is 4.67. The fraction of sp³-hybridized carbons (Fsp3) is 0.250. The molecule has 0 N–H and O–H groups in total. The number of hydrogen-bond acceptors (Lipinski definition) is 0. The van der Waals surface area contributed by atoms with Crippen molar-refractivity contribution < 1.29 is 0 Å².